The molecule has 7 aromatic rings. The second kappa shape index (κ2) is 16.8. The summed E-state index contributed by atoms with van der Waals surface area (Å²) in [5, 5.41) is 23.0. The van der Waals surface area contributed by atoms with Crippen molar-refractivity contribution < 1.29 is 19.0 Å². The molecule has 2 aromatic heterocycles. The number of unbranched alkanes of at least 4 members (excludes halogenated alkanes) is 1. The van der Waals surface area contributed by atoms with Gasteiger partial charge < -0.3 is 19.5 Å². The fourth-order valence-corrected chi connectivity index (χ4v) is 8.99. The number of benzene rings is 5. The number of aromatic hydroxyl groups is 1. The predicted octanol–water partition coefficient (Wildman–Crippen LogP) is 8.01. The second-order valence-corrected chi connectivity index (χ2v) is 15.7. The lowest BCUT2D eigenvalue weighted by atomic mass is 9.77. The molecule has 1 N–H and O–H groups in total. The van der Waals surface area contributed by atoms with Crippen molar-refractivity contribution in [3.8, 4) is 28.4 Å². The molecule has 0 unspecified atom stereocenters. The Labute approximate surface area is 350 Å². The number of ether oxygens (including phenoxy) is 2. The number of rotatable bonds is 12. The number of nitrogens with zero attached hydrogens (tertiary/aromatic N) is 6. The van der Waals surface area contributed by atoms with E-state index < -0.39 is 16.9 Å². The van der Waals surface area contributed by atoms with E-state index in [1.807, 2.05) is 71.4 Å². The molecule has 0 radical (unpaired) electrons. The van der Waals surface area contributed by atoms with Gasteiger partial charge in [-0.15, -0.1) is 0 Å². The van der Waals surface area contributed by atoms with Crippen LogP contribution in [-0.4, -0.2) is 86.9 Å². The first-order valence-corrected chi connectivity index (χ1v) is 21.2. The van der Waals surface area contributed by atoms with Gasteiger partial charge in [0, 0.05) is 43.1 Å². The molecule has 2 saturated heterocycles. The molecule has 2 aliphatic rings. The molecular weight excluding hydrogens is 811 g/mol. The average Bonchev–Trinajstić information content (AvgIpc) is 3.64. The fourth-order valence-electron chi connectivity index (χ4n) is 8.59. The number of phenols is 1. The smallest absolute Gasteiger partial charge is 0.273 e. The van der Waals surface area contributed by atoms with E-state index in [0.29, 0.717) is 41.2 Å². The molecule has 0 spiro atoms. The summed E-state index contributed by atoms with van der Waals surface area (Å²) in [6, 6.07) is 41.9. The number of phenolic OH excluding ortho intramolecular Hbond substituents is 1. The van der Waals surface area contributed by atoms with Gasteiger partial charge in [0.15, 0.2) is 5.82 Å². The zero-order valence-corrected chi connectivity index (χ0v) is 34.0. The van der Waals surface area contributed by atoms with Gasteiger partial charge in [0.1, 0.15) is 33.9 Å². The molecule has 0 saturated carbocycles. The maximum Gasteiger partial charge on any atom is 0.273 e. The van der Waals surface area contributed by atoms with Crippen LogP contribution < -0.4 is 15.2 Å². The first kappa shape index (κ1) is 38.7. The summed E-state index contributed by atoms with van der Waals surface area (Å²) in [4.78, 5) is 19.1. The van der Waals surface area contributed by atoms with E-state index in [1.165, 1.54) is 12.1 Å². The zero-order valence-electron chi connectivity index (χ0n) is 32.5. The monoisotopic (exact) mass is 854 g/mol. The van der Waals surface area contributed by atoms with Gasteiger partial charge in [-0.2, -0.15) is 14.9 Å². The first-order chi connectivity index (χ1) is 29.0. The van der Waals surface area contributed by atoms with Crippen LogP contribution in [0.3, 0.4) is 0 Å². The first-order valence-electron chi connectivity index (χ1n) is 20.1. The van der Waals surface area contributed by atoms with Gasteiger partial charge in [0.05, 0.1) is 37.1 Å². The van der Waals surface area contributed by atoms with E-state index in [1.54, 1.807) is 18.2 Å². The average molecular weight is 856 g/mol. The number of para-hydroxylation sites is 1. The highest BCUT2D eigenvalue weighted by Crippen LogP contribution is 2.44. The Morgan fingerprint density at radius 1 is 0.814 bits per heavy atom. The number of halogens is 2. The largest absolute Gasteiger partial charge is 0.506 e. The number of piperazine rings is 1. The lowest BCUT2D eigenvalue weighted by Crippen LogP contribution is -2.58. The molecule has 2 fully saturated rings. The SMILES string of the molecule is O=c1cc2c(nn1-c1c(F)cccc1OCCCCBr)c(-c1ccc(N3CCN4CCOC[C@H]4C3)c(O)c1)nn2C(c1ccccc1)(c1ccccc1)c1ccccc1. The summed E-state index contributed by atoms with van der Waals surface area (Å²) in [5.74, 6) is -0.346. The summed E-state index contributed by atoms with van der Waals surface area (Å²) >= 11 is 3.46. The van der Waals surface area contributed by atoms with Crippen LogP contribution in [0.1, 0.15) is 29.5 Å². The van der Waals surface area contributed by atoms with Crippen molar-refractivity contribution in [2.24, 2.45) is 0 Å². The Balaban J connectivity index is 1.28. The fraction of sp³-hybridized carbons (Fsp3) is 0.255. The van der Waals surface area contributed by atoms with Crippen LogP contribution in [0.2, 0.25) is 0 Å². The van der Waals surface area contributed by atoms with E-state index in [9.17, 15) is 9.90 Å². The van der Waals surface area contributed by atoms with Gasteiger partial charge in [-0.25, -0.2) is 9.07 Å². The minimum absolute atomic E-state index is 0.0820. The maximum atomic E-state index is 16.0. The highest BCUT2D eigenvalue weighted by Gasteiger charge is 2.42. The van der Waals surface area contributed by atoms with E-state index >= 15 is 4.39 Å². The van der Waals surface area contributed by atoms with Crippen molar-refractivity contribution in [1.82, 2.24) is 24.5 Å². The molecule has 300 valence electrons. The Bertz CT molecular complexity index is 2530. The van der Waals surface area contributed by atoms with Gasteiger partial charge in [-0.1, -0.05) is 119 Å². The van der Waals surface area contributed by atoms with Crippen molar-refractivity contribution in [2.75, 3.05) is 56.2 Å². The number of fused-ring (bicyclic) bond motifs is 2. The highest BCUT2D eigenvalue weighted by atomic mass is 79.9. The molecule has 59 heavy (non-hydrogen) atoms. The summed E-state index contributed by atoms with van der Waals surface area (Å²) in [7, 11) is 0. The number of anilines is 1. The van der Waals surface area contributed by atoms with Gasteiger partial charge >= 0.3 is 0 Å². The van der Waals surface area contributed by atoms with Crippen LogP contribution in [0.5, 0.6) is 11.5 Å². The van der Waals surface area contributed by atoms with Crippen molar-refractivity contribution in [2.45, 2.75) is 24.4 Å². The lowest BCUT2D eigenvalue weighted by molar-refractivity contribution is -0.0117. The Morgan fingerprint density at radius 2 is 1.51 bits per heavy atom. The Kier molecular flexibility index (Phi) is 11.0. The van der Waals surface area contributed by atoms with Crippen LogP contribution in [0.25, 0.3) is 28.0 Å². The summed E-state index contributed by atoms with van der Waals surface area (Å²) < 4.78 is 30.8. The molecule has 1 atom stereocenters. The van der Waals surface area contributed by atoms with Gasteiger partial charge in [-0.3, -0.25) is 9.69 Å². The van der Waals surface area contributed by atoms with Gasteiger partial charge in [0.25, 0.3) is 5.56 Å². The van der Waals surface area contributed by atoms with E-state index in [2.05, 4.69) is 62.1 Å². The molecule has 0 aliphatic carbocycles. The van der Waals surface area contributed by atoms with Crippen molar-refractivity contribution in [3.05, 3.63) is 166 Å². The number of aromatic nitrogens is 4. The van der Waals surface area contributed by atoms with Crippen LogP contribution >= 0.6 is 15.9 Å². The Morgan fingerprint density at radius 3 is 2.17 bits per heavy atom. The third-order valence-electron chi connectivity index (χ3n) is 11.4. The van der Waals surface area contributed by atoms with Crippen LogP contribution in [-0.2, 0) is 10.3 Å². The third kappa shape index (κ3) is 7.19. The normalized spacial score (nSPS) is 16.0. The number of hydrogen-bond acceptors (Lipinski definition) is 8. The standard InChI is InChI=1S/C47H44BrFN6O4/c48-23-10-11-27-59-42-20-12-19-38(49)46(42)54-43(57)30-40-45(50-54)44(33-21-22-39(41(56)29-33)53-25-24-52-26-28-58-32-37(52)31-53)51-55(40)47(34-13-4-1-5-14-34,35-15-6-2-7-16-35)36-17-8-3-9-18-36/h1-9,12-22,29-30,37,56H,10-11,23-28,31-32H2/t37-/m1/s1. The van der Waals surface area contributed by atoms with Crippen molar-refractivity contribution >= 4 is 32.7 Å². The topological polar surface area (TPSA) is 97.9 Å². The van der Waals surface area contributed by atoms with E-state index in [-0.39, 0.29) is 23.2 Å². The molecule has 0 bridgehead atoms. The minimum Gasteiger partial charge on any atom is -0.506 e. The molecule has 12 heteroatoms. The Hall–Kier alpha value is -5.82. The number of alkyl halides is 1. The zero-order chi connectivity index (χ0) is 40.3. The summed E-state index contributed by atoms with van der Waals surface area (Å²) in [6.07, 6.45) is 1.61. The minimum atomic E-state index is -1.11. The van der Waals surface area contributed by atoms with E-state index in [4.69, 9.17) is 19.7 Å². The number of hydrogen-bond donors (Lipinski definition) is 1. The molecule has 4 heterocycles. The van der Waals surface area contributed by atoms with Crippen LogP contribution in [0, 0.1) is 5.82 Å². The molecule has 10 nitrogen and oxygen atoms in total. The maximum absolute atomic E-state index is 16.0. The van der Waals surface area contributed by atoms with Crippen LogP contribution in [0.15, 0.2) is 138 Å². The quantitative estimate of drug-likeness (QED) is 0.0751. The van der Waals surface area contributed by atoms with Gasteiger partial charge in [0.2, 0.25) is 0 Å². The number of morpholine rings is 1. The highest BCUT2D eigenvalue weighted by molar-refractivity contribution is 9.09. The predicted molar refractivity (Wildman–Crippen MR) is 232 cm³/mol. The second-order valence-electron chi connectivity index (χ2n) is 14.9. The van der Waals surface area contributed by atoms with E-state index in [0.717, 1.165) is 72.3 Å². The lowest BCUT2D eigenvalue weighted by Gasteiger charge is -2.44. The summed E-state index contributed by atoms with van der Waals surface area (Å²) in [5.41, 5.74) is 3.41. The molecule has 5 aromatic carbocycles. The summed E-state index contributed by atoms with van der Waals surface area (Å²) in [6.45, 7) is 5.02. The molecule has 0 amide bonds. The third-order valence-corrected chi connectivity index (χ3v) is 12.0. The van der Waals surface area contributed by atoms with Crippen molar-refractivity contribution in [1.29, 1.82) is 0 Å². The van der Waals surface area contributed by atoms with Gasteiger partial charge in [-0.05, 0) is 53.8 Å². The van der Waals surface area contributed by atoms with Crippen LogP contribution in [0.4, 0.5) is 10.1 Å². The van der Waals surface area contributed by atoms with Crippen molar-refractivity contribution in [3.63, 3.8) is 0 Å². The molecular formula is C47H44BrFN6O4. The molecule has 9 rings (SSSR count). The molecule has 2 aliphatic heterocycles.